The van der Waals surface area contributed by atoms with Crippen LogP contribution in [0.5, 0.6) is 0 Å². The number of carboxylic acid groups (broad SMARTS) is 1. The first kappa shape index (κ1) is 15.9. The van der Waals surface area contributed by atoms with E-state index >= 15 is 0 Å². The molecular formula is C16H21F2NO2. The molecule has 2 aliphatic rings. The van der Waals surface area contributed by atoms with E-state index in [1.165, 1.54) is 12.2 Å². The summed E-state index contributed by atoms with van der Waals surface area (Å²) in [5, 5.41) is 9.52. The molecule has 0 aromatic heterocycles. The lowest BCUT2D eigenvalue weighted by Gasteiger charge is -2.34. The predicted octanol–water partition coefficient (Wildman–Crippen LogP) is 3.45. The molecule has 0 aromatic carbocycles. The normalized spacial score (nSPS) is 37.3. The van der Waals surface area contributed by atoms with Crippen LogP contribution < -0.4 is 0 Å². The van der Waals surface area contributed by atoms with Gasteiger partial charge in [0.15, 0.2) is 0 Å². The maximum Gasteiger partial charge on any atom is 0.308 e. The van der Waals surface area contributed by atoms with Gasteiger partial charge in [0.2, 0.25) is 0 Å². The fourth-order valence-electron chi connectivity index (χ4n) is 3.07. The number of carbonyl (C=O) groups is 1. The highest BCUT2D eigenvalue weighted by molar-refractivity contribution is 5.72. The van der Waals surface area contributed by atoms with E-state index in [2.05, 4.69) is 0 Å². The molecule has 1 heterocycles. The molecule has 3 nitrogen and oxygen atoms in total. The van der Waals surface area contributed by atoms with Gasteiger partial charge in [-0.05, 0) is 26.8 Å². The lowest BCUT2D eigenvalue weighted by atomic mass is 9.74. The Morgan fingerprint density at radius 2 is 2.10 bits per heavy atom. The molecule has 21 heavy (non-hydrogen) atoms. The molecule has 1 aliphatic heterocycles. The molecule has 0 radical (unpaired) electrons. The largest absolute Gasteiger partial charge is 0.481 e. The first-order valence-electron chi connectivity index (χ1n) is 7.03. The number of allylic oxidation sites excluding steroid dienone is 5. The van der Waals surface area contributed by atoms with Gasteiger partial charge in [-0.15, -0.1) is 0 Å². The molecule has 1 spiro atoms. The molecule has 1 N–H and O–H groups in total. The lowest BCUT2D eigenvalue weighted by Crippen LogP contribution is -2.40. The summed E-state index contributed by atoms with van der Waals surface area (Å²) in [5.41, 5.74) is -1.04. The second-order valence-electron chi connectivity index (χ2n) is 6.85. The van der Waals surface area contributed by atoms with E-state index in [1.54, 1.807) is 6.08 Å². The van der Waals surface area contributed by atoms with E-state index in [0.717, 1.165) is 6.08 Å². The SMILES string of the molecule is CC(C)(C)N1C[C@@H](C(=O)O)C2(/C=C/C=C(F)\C=C(\F)C2)C1. The summed E-state index contributed by atoms with van der Waals surface area (Å²) >= 11 is 0. The standard InChI is InChI=1S/C16H21F2NO2/c1-15(2,3)19-9-13(14(20)21)16(10-19)6-4-5-11(17)7-12(18)8-16/h4-7,13H,8-10H2,1-3H3,(H,20,21)/b6-4+,11-5+,12-7+/t13-,16?/m0/s1. The minimum absolute atomic E-state index is 0.0890. The molecule has 2 atom stereocenters. The number of nitrogens with zero attached hydrogens (tertiary/aromatic N) is 1. The zero-order valence-electron chi connectivity index (χ0n) is 12.6. The zero-order chi connectivity index (χ0) is 15.8. The van der Waals surface area contributed by atoms with Crippen molar-refractivity contribution in [3.05, 3.63) is 36.0 Å². The average Bonchev–Trinajstić information content (AvgIpc) is 2.66. The number of hydrogen-bond donors (Lipinski definition) is 1. The molecule has 0 saturated carbocycles. The Morgan fingerprint density at radius 1 is 1.43 bits per heavy atom. The van der Waals surface area contributed by atoms with Crippen LogP contribution in [0, 0.1) is 11.3 Å². The highest BCUT2D eigenvalue weighted by Crippen LogP contribution is 2.46. The number of carboxylic acids is 1. The van der Waals surface area contributed by atoms with E-state index < -0.39 is 29.0 Å². The molecule has 1 fully saturated rings. The number of halogens is 2. The summed E-state index contributed by atoms with van der Waals surface area (Å²) in [4.78, 5) is 13.7. The molecule has 1 aliphatic carbocycles. The zero-order valence-corrected chi connectivity index (χ0v) is 12.6. The van der Waals surface area contributed by atoms with Crippen LogP contribution in [0.1, 0.15) is 27.2 Å². The van der Waals surface area contributed by atoms with E-state index in [4.69, 9.17) is 0 Å². The summed E-state index contributed by atoms with van der Waals surface area (Å²) in [6, 6.07) is 0. The number of aliphatic carboxylic acids is 1. The quantitative estimate of drug-likeness (QED) is 0.806. The fraction of sp³-hybridized carbons (Fsp3) is 0.562. The molecule has 1 unspecified atom stereocenters. The summed E-state index contributed by atoms with van der Waals surface area (Å²) in [6.45, 7) is 6.82. The van der Waals surface area contributed by atoms with Gasteiger partial charge in [-0.3, -0.25) is 9.69 Å². The predicted molar refractivity (Wildman–Crippen MR) is 77.0 cm³/mol. The van der Waals surface area contributed by atoms with Crippen molar-refractivity contribution in [1.29, 1.82) is 0 Å². The Labute approximate surface area is 123 Å². The van der Waals surface area contributed by atoms with Crippen LogP contribution in [0.15, 0.2) is 36.0 Å². The Balaban J connectivity index is 2.42. The third-order valence-electron chi connectivity index (χ3n) is 4.31. The summed E-state index contributed by atoms with van der Waals surface area (Å²) in [6.07, 6.45) is 5.07. The van der Waals surface area contributed by atoms with Crippen molar-refractivity contribution in [2.75, 3.05) is 13.1 Å². The van der Waals surface area contributed by atoms with E-state index in [0.29, 0.717) is 13.1 Å². The number of rotatable bonds is 1. The van der Waals surface area contributed by atoms with E-state index in [1.807, 2.05) is 25.7 Å². The van der Waals surface area contributed by atoms with Gasteiger partial charge in [-0.2, -0.15) is 0 Å². The van der Waals surface area contributed by atoms with Gasteiger partial charge in [-0.25, -0.2) is 8.78 Å². The van der Waals surface area contributed by atoms with Crippen LogP contribution in [-0.4, -0.2) is 34.6 Å². The highest BCUT2D eigenvalue weighted by Gasteiger charge is 2.51. The molecule has 0 bridgehead atoms. The molecule has 5 heteroatoms. The average molecular weight is 297 g/mol. The van der Waals surface area contributed by atoms with Gasteiger partial charge >= 0.3 is 5.97 Å². The third kappa shape index (κ3) is 3.23. The van der Waals surface area contributed by atoms with Gasteiger partial charge in [0, 0.05) is 36.5 Å². The highest BCUT2D eigenvalue weighted by atomic mass is 19.1. The molecular weight excluding hydrogens is 276 g/mol. The van der Waals surface area contributed by atoms with Crippen molar-refractivity contribution >= 4 is 5.97 Å². The number of hydrogen-bond acceptors (Lipinski definition) is 2. The van der Waals surface area contributed by atoms with Crippen molar-refractivity contribution in [1.82, 2.24) is 4.90 Å². The first-order chi connectivity index (χ1) is 9.64. The Morgan fingerprint density at radius 3 is 2.67 bits per heavy atom. The summed E-state index contributed by atoms with van der Waals surface area (Å²) in [5.74, 6) is -2.92. The molecule has 1 saturated heterocycles. The monoisotopic (exact) mass is 297 g/mol. The number of likely N-dealkylation sites (tertiary alicyclic amines) is 1. The van der Waals surface area contributed by atoms with Crippen LogP contribution in [-0.2, 0) is 4.79 Å². The van der Waals surface area contributed by atoms with Gasteiger partial charge in [0.25, 0.3) is 0 Å². The van der Waals surface area contributed by atoms with Crippen molar-refractivity contribution < 1.29 is 18.7 Å². The first-order valence-corrected chi connectivity index (χ1v) is 7.03. The molecule has 116 valence electrons. The Kier molecular flexibility index (Phi) is 4.06. The topological polar surface area (TPSA) is 40.5 Å². The maximum absolute atomic E-state index is 14.0. The molecule has 0 aromatic rings. The van der Waals surface area contributed by atoms with Crippen LogP contribution in [0.3, 0.4) is 0 Å². The van der Waals surface area contributed by atoms with Gasteiger partial charge in [0.05, 0.1) is 5.92 Å². The van der Waals surface area contributed by atoms with E-state index in [9.17, 15) is 18.7 Å². The van der Waals surface area contributed by atoms with Gasteiger partial charge in [0.1, 0.15) is 11.7 Å². The van der Waals surface area contributed by atoms with Crippen molar-refractivity contribution in [2.45, 2.75) is 32.7 Å². The maximum atomic E-state index is 14.0. The van der Waals surface area contributed by atoms with Crippen LogP contribution in [0.2, 0.25) is 0 Å². The fourth-order valence-corrected chi connectivity index (χ4v) is 3.07. The smallest absolute Gasteiger partial charge is 0.308 e. The van der Waals surface area contributed by atoms with Crippen LogP contribution in [0.25, 0.3) is 0 Å². The minimum Gasteiger partial charge on any atom is -0.481 e. The molecule has 2 rings (SSSR count). The second-order valence-corrected chi connectivity index (χ2v) is 6.85. The lowest BCUT2D eigenvalue weighted by molar-refractivity contribution is -0.143. The summed E-state index contributed by atoms with van der Waals surface area (Å²) < 4.78 is 27.2. The van der Waals surface area contributed by atoms with Gasteiger partial charge in [-0.1, -0.05) is 12.2 Å². The van der Waals surface area contributed by atoms with Gasteiger partial charge < -0.3 is 5.11 Å². The van der Waals surface area contributed by atoms with Crippen LogP contribution >= 0.6 is 0 Å². The Hall–Kier alpha value is -1.49. The van der Waals surface area contributed by atoms with Crippen molar-refractivity contribution in [3.63, 3.8) is 0 Å². The van der Waals surface area contributed by atoms with Crippen molar-refractivity contribution in [3.8, 4) is 0 Å². The molecule has 0 amide bonds. The summed E-state index contributed by atoms with van der Waals surface area (Å²) in [7, 11) is 0. The van der Waals surface area contributed by atoms with Crippen LogP contribution in [0.4, 0.5) is 8.78 Å². The minimum atomic E-state index is -0.941. The third-order valence-corrected chi connectivity index (χ3v) is 4.31. The Bertz CT molecular complexity index is 531. The van der Waals surface area contributed by atoms with E-state index in [-0.39, 0.29) is 12.0 Å². The second kappa shape index (κ2) is 5.37. The van der Waals surface area contributed by atoms with Crippen molar-refractivity contribution in [2.24, 2.45) is 11.3 Å².